The van der Waals surface area contributed by atoms with E-state index in [4.69, 9.17) is 14.6 Å². The number of aryl methyl sites for hydroxylation is 1. The van der Waals surface area contributed by atoms with E-state index in [1.165, 1.54) is 0 Å². The highest BCUT2D eigenvalue weighted by molar-refractivity contribution is 5.43. The van der Waals surface area contributed by atoms with Crippen LogP contribution in [0.25, 0.3) is 11.7 Å². The Hall–Kier alpha value is -1.55. The zero-order chi connectivity index (χ0) is 9.80. The first-order valence-corrected chi connectivity index (χ1v) is 4.59. The van der Waals surface area contributed by atoms with Gasteiger partial charge < -0.3 is 14.6 Å². The third-order valence-corrected chi connectivity index (χ3v) is 1.91. The van der Waals surface area contributed by atoms with Crippen LogP contribution in [0.3, 0.4) is 0 Å². The summed E-state index contributed by atoms with van der Waals surface area (Å²) in [7, 11) is 0. The molecule has 0 aliphatic heterocycles. The van der Waals surface area contributed by atoms with Gasteiger partial charge in [0.05, 0.1) is 12.5 Å². The van der Waals surface area contributed by atoms with Crippen LogP contribution in [0.1, 0.15) is 12.2 Å². The Labute approximate surface area is 81.7 Å². The lowest BCUT2D eigenvalue weighted by atomic mass is 10.3. The molecule has 2 heterocycles. The largest absolute Gasteiger partial charge is 0.459 e. The van der Waals surface area contributed by atoms with Gasteiger partial charge in [0.1, 0.15) is 5.76 Å². The summed E-state index contributed by atoms with van der Waals surface area (Å²) in [6.45, 7) is 0.663. The second kappa shape index (κ2) is 4.11. The predicted molar refractivity (Wildman–Crippen MR) is 51.6 cm³/mol. The predicted octanol–water partition coefficient (Wildman–Crippen LogP) is 1.83. The molecule has 4 nitrogen and oxygen atoms in total. The Morgan fingerprint density at radius 1 is 1.43 bits per heavy atom. The quantitative estimate of drug-likeness (QED) is 0.802. The van der Waals surface area contributed by atoms with Gasteiger partial charge in [0.15, 0.2) is 5.76 Å². The van der Waals surface area contributed by atoms with E-state index < -0.39 is 0 Å². The first kappa shape index (κ1) is 9.02. The lowest BCUT2D eigenvalue weighted by Gasteiger charge is -1.91. The average Bonchev–Trinajstić information content (AvgIpc) is 2.85. The molecule has 0 aliphatic rings. The van der Waals surface area contributed by atoms with Crippen LogP contribution in [0.4, 0.5) is 0 Å². The molecule has 0 saturated carbocycles. The Bertz CT molecular complexity index is 378. The summed E-state index contributed by atoms with van der Waals surface area (Å²) in [5.74, 6) is 2.04. The van der Waals surface area contributed by atoms with E-state index in [0.717, 1.165) is 18.6 Å². The van der Waals surface area contributed by atoms with Crippen molar-refractivity contribution in [2.24, 2.45) is 5.73 Å². The monoisotopic (exact) mass is 192 g/mol. The van der Waals surface area contributed by atoms with E-state index >= 15 is 0 Å². The van der Waals surface area contributed by atoms with Crippen molar-refractivity contribution < 1.29 is 8.83 Å². The van der Waals surface area contributed by atoms with Gasteiger partial charge in [0, 0.05) is 6.42 Å². The van der Waals surface area contributed by atoms with Gasteiger partial charge in [-0.15, -0.1) is 0 Å². The third-order valence-electron chi connectivity index (χ3n) is 1.91. The molecule has 0 aliphatic carbocycles. The molecule has 0 radical (unpaired) electrons. The maximum absolute atomic E-state index is 5.47. The maximum atomic E-state index is 5.47. The van der Waals surface area contributed by atoms with E-state index in [1.54, 1.807) is 18.5 Å². The Kier molecular flexibility index (Phi) is 2.65. The first-order valence-electron chi connectivity index (χ1n) is 4.59. The summed E-state index contributed by atoms with van der Waals surface area (Å²) < 4.78 is 10.6. The molecule has 0 bridgehead atoms. The second-order valence-electron chi connectivity index (χ2n) is 3.00. The van der Waals surface area contributed by atoms with E-state index in [1.807, 2.05) is 6.07 Å². The molecular weight excluding hydrogens is 180 g/mol. The van der Waals surface area contributed by atoms with Crippen LogP contribution in [0.5, 0.6) is 0 Å². The zero-order valence-corrected chi connectivity index (χ0v) is 7.77. The van der Waals surface area contributed by atoms with Crippen LogP contribution >= 0.6 is 0 Å². The molecule has 2 aromatic heterocycles. The molecule has 4 heteroatoms. The topological polar surface area (TPSA) is 65.2 Å². The van der Waals surface area contributed by atoms with Crippen molar-refractivity contribution in [2.45, 2.75) is 12.8 Å². The standard InChI is InChI=1S/C10H12N2O2/c11-5-1-3-8-7-12-10(14-8)9-4-2-6-13-9/h2,4,6-7H,1,3,5,11H2. The molecule has 74 valence electrons. The summed E-state index contributed by atoms with van der Waals surface area (Å²) in [6, 6.07) is 3.62. The minimum absolute atomic E-state index is 0.530. The highest BCUT2D eigenvalue weighted by Gasteiger charge is 2.07. The van der Waals surface area contributed by atoms with E-state index in [-0.39, 0.29) is 0 Å². The van der Waals surface area contributed by atoms with Gasteiger partial charge in [-0.3, -0.25) is 0 Å². The van der Waals surface area contributed by atoms with Crippen LogP contribution in [0.2, 0.25) is 0 Å². The molecule has 0 amide bonds. The molecule has 0 aromatic carbocycles. The van der Waals surface area contributed by atoms with Gasteiger partial charge in [-0.25, -0.2) is 4.98 Å². The summed E-state index contributed by atoms with van der Waals surface area (Å²) in [5, 5.41) is 0. The fourth-order valence-corrected chi connectivity index (χ4v) is 1.21. The minimum Gasteiger partial charge on any atom is -0.459 e. The summed E-state index contributed by atoms with van der Waals surface area (Å²) in [6.07, 6.45) is 5.05. The number of rotatable bonds is 4. The Morgan fingerprint density at radius 3 is 3.07 bits per heavy atom. The second-order valence-corrected chi connectivity index (χ2v) is 3.00. The minimum atomic E-state index is 0.530. The van der Waals surface area contributed by atoms with Crippen molar-refractivity contribution in [1.29, 1.82) is 0 Å². The van der Waals surface area contributed by atoms with Gasteiger partial charge in [0.25, 0.3) is 5.89 Å². The normalized spacial score (nSPS) is 10.6. The number of nitrogens with zero attached hydrogens (tertiary/aromatic N) is 1. The Balaban J connectivity index is 2.10. The van der Waals surface area contributed by atoms with E-state index in [2.05, 4.69) is 4.98 Å². The van der Waals surface area contributed by atoms with Crippen LogP contribution < -0.4 is 5.73 Å². The number of hydrogen-bond acceptors (Lipinski definition) is 4. The first-order chi connectivity index (χ1) is 6.90. The third kappa shape index (κ3) is 1.85. The number of nitrogens with two attached hydrogens (primary N) is 1. The molecule has 2 rings (SSSR count). The SMILES string of the molecule is NCCCc1cnc(-c2ccco2)o1. The lowest BCUT2D eigenvalue weighted by molar-refractivity contribution is 0.482. The van der Waals surface area contributed by atoms with Crippen molar-refractivity contribution in [3.05, 3.63) is 30.4 Å². The molecule has 2 aromatic rings. The van der Waals surface area contributed by atoms with Gasteiger partial charge in [-0.05, 0) is 25.1 Å². The molecule has 2 N–H and O–H groups in total. The zero-order valence-electron chi connectivity index (χ0n) is 7.77. The van der Waals surface area contributed by atoms with Gasteiger partial charge in [-0.2, -0.15) is 0 Å². The van der Waals surface area contributed by atoms with E-state index in [9.17, 15) is 0 Å². The summed E-state index contributed by atoms with van der Waals surface area (Å²) in [5.41, 5.74) is 5.40. The van der Waals surface area contributed by atoms with E-state index in [0.29, 0.717) is 18.2 Å². The van der Waals surface area contributed by atoms with Crippen LogP contribution in [0, 0.1) is 0 Å². The fourth-order valence-electron chi connectivity index (χ4n) is 1.21. The smallest absolute Gasteiger partial charge is 0.262 e. The average molecular weight is 192 g/mol. The maximum Gasteiger partial charge on any atom is 0.262 e. The van der Waals surface area contributed by atoms with Crippen molar-refractivity contribution in [1.82, 2.24) is 4.98 Å². The molecule has 0 atom stereocenters. The number of furan rings is 1. The number of aromatic nitrogens is 1. The molecule has 0 spiro atoms. The highest BCUT2D eigenvalue weighted by Crippen LogP contribution is 2.19. The van der Waals surface area contributed by atoms with Crippen LogP contribution in [-0.4, -0.2) is 11.5 Å². The van der Waals surface area contributed by atoms with Crippen molar-refractivity contribution in [3.8, 4) is 11.7 Å². The fraction of sp³-hybridized carbons (Fsp3) is 0.300. The van der Waals surface area contributed by atoms with Crippen molar-refractivity contribution in [2.75, 3.05) is 6.54 Å². The summed E-state index contributed by atoms with van der Waals surface area (Å²) in [4.78, 5) is 4.11. The number of oxazole rings is 1. The molecule has 0 saturated heterocycles. The highest BCUT2D eigenvalue weighted by atomic mass is 16.4. The molecule has 0 unspecified atom stereocenters. The van der Waals surface area contributed by atoms with Gasteiger partial charge >= 0.3 is 0 Å². The van der Waals surface area contributed by atoms with Crippen LogP contribution in [0.15, 0.2) is 33.4 Å². The van der Waals surface area contributed by atoms with Gasteiger partial charge in [-0.1, -0.05) is 0 Å². The van der Waals surface area contributed by atoms with Crippen molar-refractivity contribution >= 4 is 0 Å². The summed E-state index contributed by atoms with van der Waals surface area (Å²) >= 11 is 0. The van der Waals surface area contributed by atoms with Gasteiger partial charge in [0.2, 0.25) is 0 Å². The lowest BCUT2D eigenvalue weighted by Crippen LogP contribution is -1.99. The molecule has 0 fully saturated rings. The molecular formula is C10H12N2O2. The van der Waals surface area contributed by atoms with Crippen molar-refractivity contribution in [3.63, 3.8) is 0 Å². The van der Waals surface area contributed by atoms with Crippen LogP contribution in [-0.2, 0) is 6.42 Å². The molecule has 14 heavy (non-hydrogen) atoms. The Morgan fingerprint density at radius 2 is 2.36 bits per heavy atom. The number of hydrogen-bond donors (Lipinski definition) is 1.